The van der Waals surface area contributed by atoms with E-state index in [1.54, 1.807) is 25.2 Å². The number of methoxy groups -OCH3 is 1. The highest BCUT2D eigenvalue weighted by Crippen LogP contribution is 2.37. The topological polar surface area (TPSA) is 93.5 Å². The SMILES string of the molecule is CNC(=O)[C@@H]1CCC[C@@H]1Nc1cccc(OC)c1[N+](=O)[O-]. The summed E-state index contributed by atoms with van der Waals surface area (Å²) in [5.74, 6) is 0.0100. The summed E-state index contributed by atoms with van der Waals surface area (Å²) in [6.07, 6.45) is 2.52. The molecule has 1 amide bonds. The summed E-state index contributed by atoms with van der Waals surface area (Å²) in [7, 11) is 3.00. The fourth-order valence-corrected chi connectivity index (χ4v) is 2.82. The van der Waals surface area contributed by atoms with Gasteiger partial charge in [-0.25, -0.2) is 0 Å². The van der Waals surface area contributed by atoms with Gasteiger partial charge in [0.05, 0.1) is 18.0 Å². The second-order valence-corrected chi connectivity index (χ2v) is 5.02. The van der Waals surface area contributed by atoms with Gasteiger partial charge in [-0.1, -0.05) is 12.5 Å². The van der Waals surface area contributed by atoms with Crippen molar-refractivity contribution in [1.82, 2.24) is 5.32 Å². The van der Waals surface area contributed by atoms with Crippen molar-refractivity contribution in [3.05, 3.63) is 28.3 Å². The molecular weight excluding hydrogens is 274 g/mol. The number of carbonyl (C=O) groups is 1. The Labute approximate surface area is 122 Å². The predicted molar refractivity (Wildman–Crippen MR) is 78.5 cm³/mol. The van der Waals surface area contributed by atoms with Gasteiger partial charge in [0, 0.05) is 13.1 Å². The van der Waals surface area contributed by atoms with Crippen molar-refractivity contribution in [2.45, 2.75) is 25.3 Å². The molecule has 0 heterocycles. The molecule has 0 aliphatic heterocycles. The van der Waals surface area contributed by atoms with E-state index in [1.165, 1.54) is 7.11 Å². The lowest BCUT2D eigenvalue weighted by atomic mass is 10.0. The number of nitro benzene ring substituents is 1. The Hall–Kier alpha value is -2.31. The molecule has 0 aromatic heterocycles. The van der Waals surface area contributed by atoms with Crippen LogP contribution in [0.2, 0.25) is 0 Å². The second-order valence-electron chi connectivity index (χ2n) is 5.02. The first-order valence-electron chi connectivity index (χ1n) is 6.88. The van der Waals surface area contributed by atoms with Crippen LogP contribution in [-0.2, 0) is 4.79 Å². The normalized spacial score (nSPS) is 20.9. The Bertz CT molecular complexity index is 547. The van der Waals surface area contributed by atoms with Crippen LogP contribution in [0.15, 0.2) is 18.2 Å². The Morgan fingerprint density at radius 3 is 2.81 bits per heavy atom. The van der Waals surface area contributed by atoms with Gasteiger partial charge in [0.1, 0.15) is 5.69 Å². The third-order valence-corrected chi connectivity index (χ3v) is 3.84. The number of para-hydroxylation sites is 1. The number of amides is 1. The van der Waals surface area contributed by atoms with Gasteiger partial charge in [-0.05, 0) is 25.0 Å². The number of anilines is 1. The van der Waals surface area contributed by atoms with Crippen molar-refractivity contribution in [2.24, 2.45) is 5.92 Å². The number of carbonyl (C=O) groups excluding carboxylic acids is 1. The molecule has 7 heteroatoms. The highest BCUT2D eigenvalue weighted by Gasteiger charge is 2.34. The molecule has 2 N–H and O–H groups in total. The van der Waals surface area contributed by atoms with E-state index in [1.807, 2.05) is 0 Å². The smallest absolute Gasteiger partial charge is 0.333 e. The van der Waals surface area contributed by atoms with Gasteiger partial charge in [-0.15, -0.1) is 0 Å². The van der Waals surface area contributed by atoms with Crippen molar-refractivity contribution >= 4 is 17.3 Å². The Morgan fingerprint density at radius 1 is 1.43 bits per heavy atom. The molecule has 1 aliphatic rings. The maximum Gasteiger partial charge on any atom is 0.333 e. The fraction of sp³-hybridized carbons (Fsp3) is 0.500. The van der Waals surface area contributed by atoms with Crippen molar-refractivity contribution in [3.63, 3.8) is 0 Å². The molecule has 1 aromatic rings. The van der Waals surface area contributed by atoms with E-state index in [-0.39, 0.29) is 29.3 Å². The summed E-state index contributed by atoms with van der Waals surface area (Å²) in [4.78, 5) is 22.6. The third-order valence-electron chi connectivity index (χ3n) is 3.84. The molecule has 1 fully saturated rings. The number of benzene rings is 1. The highest BCUT2D eigenvalue weighted by molar-refractivity contribution is 5.80. The lowest BCUT2D eigenvalue weighted by molar-refractivity contribution is -0.384. The minimum Gasteiger partial charge on any atom is -0.490 e. The molecule has 0 saturated heterocycles. The molecule has 0 spiro atoms. The van der Waals surface area contributed by atoms with Gasteiger partial charge in [-0.2, -0.15) is 0 Å². The number of hydrogen-bond acceptors (Lipinski definition) is 5. The van der Waals surface area contributed by atoms with Crippen LogP contribution in [0.4, 0.5) is 11.4 Å². The quantitative estimate of drug-likeness (QED) is 0.639. The molecule has 21 heavy (non-hydrogen) atoms. The molecule has 0 unspecified atom stereocenters. The molecule has 2 rings (SSSR count). The van der Waals surface area contributed by atoms with E-state index < -0.39 is 4.92 Å². The van der Waals surface area contributed by atoms with Crippen LogP contribution in [0.1, 0.15) is 19.3 Å². The van der Waals surface area contributed by atoms with Crippen LogP contribution in [0.5, 0.6) is 5.75 Å². The van der Waals surface area contributed by atoms with Gasteiger partial charge in [0.15, 0.2) is 5.75 Å². The zero-order valence-corrected chi connectivity index (χ0v) is 12.1. The van der Waals surface area contributed by atoms with Crippen LogP contribution in [0.25, 0.3) is 0 Å². The van der Waals surface area contributed by atoms with Gasteiger partial charge in [0.2, 0.25) is 5.91 Å². The molecule has 1 saturated carbocycles. The van der Waals surface area contributed by atoms with E-state index in [4.69, 9.17) is 4.74 Å². The summed E-state index contributed by atoms with van der Waals surface area (Å²) in [6, 6.07) is 4.78. The fourth-order valence-electron chi connectivity index (χ4n) is 2.82. The second kappa shape index (κ2) is 6.43. The maximum absolute atomic E-state index is 11.8. The number of rotatable bonds is 5. The van der Waals surface area contributed by atoms with Crippen LogP contribution < -0.4 is 15.4 Å². The maximum atomic E-state index is 11.8. The molecule has 114 valence electrons. The standard InChI is InChI=1S/C14H19N3O4/c1-15-14(18)9-5-3-6-10(9)16-11-7-4-8-12(21-2)13(11)17(19)20/h4,7-10,16H,3,5-6H2,1-2H3,(H,15,18)/t9-,10+/m1/s1. The van der Waals surface area contributed by atoms with Crippen molar-refractivity contribution in [1.29, 1.82) is 0 Å². The predicted octanol–water partition coefficient (Wildman–Crippen LogP) is 1.93. The van der Waals surface area contributed by atoms with E-state index in [2.05, 4.69) is 10.6 Å². The minimum atomic E-state index is -0.467. The average Bonchev–Trinajstić information content (AvgIpc) is 2.94. The van der Waals surface area contributed by atoms with Crippen LogP contribution >= 0.6 is 0 Å². The van der Waals surface area contributed by atoms with E-state index in [0.717, 1.165) is 19.3 Å². The van der Waals surface area contributed by atoms with Crippen molar-refractivity contribution in [2.75, 3.05) is 19.5 Å². The molecule has 1 aromatic carbocycles. The largest absolute Gasteiger partial charge is 0.490 e. The highest BCUT2D eigenvalue weighted by atomic mass is 16.6. The van der Waals surface area contributed by atoms with Gasteiger partial charge in [-0.3, -0.25) is 14.9 Å². The van der Waals surface area contributed by atoms with Gasteiger partial charge >= 0.3 is 5.69 Å². The monoisotopic (exact) mass is 293 g/mol. The number of nitrogens with zero attached hydrogens (tertiary/aromatic N) is 1. The average molecular weight is 293 g/mol. The lowest BCUT2D eigenvalue weighted by Gasteiger charge is -2.21. The zero-order chi connectivity index (χ0) is 15.4. The van der Waals surface area contributed by atoms with Crippen molar-refractivity contribution < 1.29 is 14.5 Å². The first-order valence-corrected chi connectivity index (χ1v) is 6.88. The zero-order valence-electron chi connectivity index (χ0n) is 12.1. The summed E-state index contributed by atoms with van der Waals surface area (Å²) >= 11 is 0. The number of hydrogen-bond donors (Lipinski definition) is 2. The van der Waals surface area contributed by atoms with E-state index in [9.17, 15) is 14.9 Å². The summed E-state index contributed by atoms with van der Waals surface area (Å²) in [6.45, 7) is 0. The Balaban J connectivity index is 2.27. The van der Waals surface area contributed by atoms with Gasteiger partial charge in [0.25, 0.3) is 0 Å². The number of nitro groups is 1. The van der Waals surface area contributed by atoms with Gasteiger partial charge < -0.3 is 15.4 Å². The van der Waals surface area contributed by atoms with Crippen molar-refractivity contribution in [3.8, 4) is 5.75 Å². The Kier molecular flexibility index (Phi) is 4.62. The molecule has 7 nitrogen and oxygen atoms in total. The molecule has 0 bridgehead atoms. The van der Waals surface area contributed by atoms with Crippen LogP contribution in [0, 0.1) is 16.0 Å². The third kappa shape index (κ3) is 3.07. The minimum absolute atomic E-state index is 0.0319. The Morgan fingerprint density at radius 2 is 2.19 bits per heavy atom. The summed E-state index contributed by atoms with van der Waals surface area (Å²) in [5, 5.41) is 17.0. The number of ether oxygens (including phenoxy) is 1. The molecule has 2 atom stereocenters. The first kappa shape index (κ1) is 15.1. The van der Waals surface area contributed by atoms with E-state index >= 15 is 0 Å². The van der Waals surface area contributed by atoms with Crippen LogP contribution in [-0.4, -0.2) is 31.0 Å². The van der Waals surface area contributed by atoms with E-state index in [0.29, 0.717) is 5.69 Å². The summed E-state index contributed by atoms with van der Waals surface area (Å²) in [5.41, 5.74) is 0.294. The lowest BCUT2D eigenvalue weighted by Crippen LogP contribution is -2.36. The molecule has 1 aliphatic carbocycles. The molecule has 0 radical (unpaired) electrons. The molecular formula is C14H19N3O4. The number of nitrogens with one attached hydrogen (secondary N) is 2. The van der Waals surface area contributed by atoms with Crippen LogP contribution in [0.3, 0.4) is 0 Å². The first-order chi connectivity index (χ1) is 10.1. The summed E-state index contributed by atoms with van der Waals surface area (Å²) < 4.78 is 5.05.